The molecule has 1 aromatic carbocycles. The summed E-state index contributed by atoms with van der Waals surface area (Å²) in [6.07, 6.45) is 1.52. The number of urea groups is 1. The van der Waals surface area contributed by atoms with Gasteiger partial charge in [-0.15, -0.1) is 0 Å². The minimum Gasteiger partial charge on any atom is -0.480 e. The Morgan fingerprint density at radius 1 is 1.32 bits per heavy atom. The van der Waals surface area contributed by atoms with E-state index in [2.05, 4.69) is 15.7 Å². The highest BCUT2D eigenvalue weighted by molar-refractivity contribution is 6.01. The van der Waals surface area contributed by atoms with Gasteiger partial charge in [-0.1, -0.05) is 0 Å². The Morgan fingerprint density at radius 2 is 2.12 bits per heavy atom. The van der Waals surface area contributed by atoms with Crippen LogP contribution in [0.4, 0.5) is 20.6 Å². The van der Waals surface area contributed by atoms with Crippen LogP contribution in [-0.4, -0.2) is 22.9 Å². The summed E-state index contributed by atoms with van der Waals surface area (Å²) < 4.78 is 26.0. The Bertz CT molecular complexity index is 903. The van der Waals surface area contributed by atoms with Crippen LogP contribution in [0.25, 0.3) is 11.3 Å². The van der Waals surface area contributed by atoms with Gasteiger partial charge in [0.15, 0.2) is 0 Å². The summed E-state index contributed by atoms with van der Waals surface area (Å²) >= 11 is 0. The summed E-state index contributed by atoms with van der Waals surface area (Å²) in [6, 6.07) is 7.22. The highest BCUT2D eigenvalue weighted by atomic mass is 19.1. The largest absolute Gasteiger partial charge is 0.480 e. The molecular weight excluding hydrogens is 327 g/mol. The van der Waals surface area contributed by atoms with Crippen LogP contribution in [0.15, 0.2) is 41.0 Å². The van der Waals surface area contributed by atoms with Crippen molar-refractivity contribution < 1.29 is 18.3 Å². The number of carbonyl (C=O) groups excluding carboxylic acids is 1. The SMILES string of the molecule is COc1c(NC(=O)Nc2cc(-c3ccco3)ccc2F)c(C)nn1C. The third kappa shape index (κ3) is 3.32. The molecule has 2 amide bonds. The number of rotatable bonds is 4. The number of methoxy groups -OCH3 is 1. The van der Waals surface area contributed by atoms with E-state index in [0.717, 1.165) is 0 Å². The number of amides is 2. The second-order valence-electron chi connectivity index (χ2n) is 5.34. The lowest BCUT2D eigenvalue weighted by Crippen LogP contribution is -2.20. The molecule has 0 bridgehead atoms. The maximum Gasteiger partial charge on any atom is 0.323 e. The number of furan rings is 1. The Labute approximate surface area is 143 Å². The van der Waals surface area contributed by atoms with Crippen molar-refractivity contribution in [1.82, 2.24) is 9.78 Å². The molecule has 2 heterocycles. The number of benzene rings is 1. The van der Waals surface area contributed by atoms with E-state index in [9.17, 15) is 9.18 Å². The van der Waals surface area contributed by atoms with E-state index in [0.29, 0.717) is 28.6 Å². The lowest BCUT2D eigenvalue weighted by molar-refractivity contribution is 0.262. The molecule has 0 aliphatic carbocycles. The molecule has 3 rings (SSSR count). The van der Waals surface area contributed by atoms with Gasteiger partial charge in [0.2, 0.25) is 5.88 Å². The average Bonchev–Trinajstić information content (AvgIpc) is 3.18. The van der Waals surface area contributed by atoms with E-state index in [4.69, 9.17) is 9.15 Å². The van der Waals surface area contributed by atoms with Gasteiger partial charge in [0.1, 0.15) is 17.3 Å². The van der Waals surface area contributed by atoms with Gasteiger partial charge >= 0.3 is 6.03 Å². The zero-order chi connectivity index (χ0) is 18.0. The summed E-state index contributed by atoms with van der Waals surface area (Å²) in [5.74, 6) is 0.422. The van der Waals surface area contributed by atoms with Gasteiger partial charge < -0.3 is 19.8 Å². The molecule has 7 nitrogen and oxygen atoms in total. The Morgan fingerprint density at radius 3 is 2.80 bits per heavy atom. The number of ether oxygens (including phenoxy) is 1. The number of aromatic nitrogens is 2. The van der Waals surface area contributed by atoms with E-state index in [1.165, 1.54) is 30.2 Å². The molecule has 0 aliphatic rings. The second kappa shape index (κ2) is 6.68. The van der Waals surface area contributed by atoms with Crippen molar-refractivity contribution in [3.8, 4) is 17.2 Å². The van der Waals surface area contributed by atoms with Crippen molar-refractivity contribution in [1.29, 1.82) is 0 Å². The van der Waals surface area contributed by atoms with Crippen LogP contribution < -0.4 is 15.4 Å². The van der Waals surface area contributed by atoms with Gasteiger partial charge in [-0.2, -0.15) is 5.10 Å². The Balaban J connectivity index is 1.81. The summed E-state index contributed by atoms with van der Waals surface area (Å²) in [5.41, 5.74) is 1.69. The molecule has 8 heteroatoms. The van der Waals surface area contributed by atoms with Crippen molar-refractivity contribution >= 4 is 17.4 Å². The second-order valence-corrected chi connectivity index (χ2v) is 5.34. The summed E-state index contributed by atoms with van der Waals surface area (Å²) in [7, 11) is 3.17. The fourth-order valence-corrected chi connectivity index (χ4v) is 2.50. The van der Waals surface area contributed by atoms with Crippen molar-refractivity contribution in [2.75, 3.05) is 17.7 Å². The zero-order valence-electron chi connectivity index (χ0n) is 14.0. The average molecular weight is 344 g/mol. The van der Waals surface area contributed by atoms with Crippen LogP contribution >= 0.6 is 0 Å². The van der Waals surface area contributed by atoms with Gasteiger partial charge in [0.25, 0.3) is 0 Å². The highest BCUT2D eigenvalue weighted by Crippen LogP contribution is 2.28. The van der Waals surface area contributed by atoms with E-state index < -0.39 is 11.8 Å². The molecule has 0 fully saturated rings. The van der Waals surface area contributed by atoms with Gasteiger partial charge in [0.05, 0.1) is 24.8 Å². The Hall–Kier alpha value is -3.29. The molecule has 0 aliphatic heterocycles. The lowest BCUT2D eigenvalue weighted by atomic mass is 10.1. The first-order valence-corrected chi connectivity index (χ1v) is 7.48. The summed E-state index contributed by atoms with van der Waals surface area (Å²) in [5, 5.41) is 9.29. The lowest BCUT2D eigenvalue weighted by Gasteiger charge is -2.10. The number of hydrogen-bond donors (Lipinski definition) is 2. The number of aryl methyl sites for hydroxylation is 2. The fourth-order valence-electron chi connectivity index (χ4n) is 2.50. The van der Waals surface area contributed by atoms with Gasteiger partial charge in [-0.05, 0) is 37.3 Å². The van der Waals surface area contributed by atoms with E-state index >= 15 is 0 Å². The molecule has 0 saturated heterocycles. The number of halogens is 1. The minimum absolute atomic E-state index is 0.0342. The topological polar surface area (TPSA) is 81.3 Å². The smallest absolute Gasteiger partial charge is 0.323 e. The highest BCUT2D eigenvalue weighted by Gasteiger charge is 2.17. The van der Waals surface area contributed by atoms with Crippen molar-refractivity contribution in [3.63, 3.8) is 0 Å². The third-order valence-corrected chi connectivity index (χ3v) is 3.62. The normalized spacial score (nSPS) is 10.6. The number of carbonyl (C=O) groups is 1. The van der Waals surface area contributed by atoms with Crippen molar-refractivity contribution in [2.45, 2.75) is 6.92 Å². The quantitative estimate of drug-likeness (QED) is 0.755. The maximum atomic E-state index is 14.0. The first-order valence-electron chi connectivity index (χ1n) is 7.48. The van der Waals surface area contributed by atoms with E-state index in [1.807, 2.05) is 0 Å². The molecule has 130 valence electrons. The molecule has 0 radical (unpaired) electrons. The van der Waals surface area contributed by atoms with Crippen LogP contribution in [0.3, 0.4) is 0 Å². The minimum atomic E-state index is -0.607. The summed E-state index contributed by atoms with van der Waals surface area (Å²) in [4.78, 5) is 12.3. The Kier molecular flexibility index (Phi) is 4.42. The van der Waals surface area contributed by atoms with Gasteiger partial charge in [0, 0.05) is 12.6 Å². The predicted molar refractivity (Wildman–Crippen MR) is 91.2 cm³/mol. The van der Waals surface area contributed by atoms with Crippen LogP contribution in [0.5, 0.6) is 5.88 Å². The van der Waals surface area contributed by atoms with E-state index in [1.54, 1.807) is 32.2 Å². The van der Waals surface area contributed by atoms with Gasteiger partial charge in [-0.3, -0.25) is 0 Å². The van der Waals surface area contributed by atoms with Crippen LogP contribution in [0.2, 0.25) is 0 Å². The number of anilines is 2. The number of hydrogen-bond acceptors (Lipinski definition) is 4. The zero-order valence-corrected chi connectivity index (χ0v) is 14.0. The third-order valence-electron chi connectivity index (χ3n) is 3.62. The fraction of sp³-hybridized carbons (Fsp3) is 0.176. The molecule has 2 N–H and O–H groups in total. The number of nitrogens with zero attached hydrogens (tertiary/aromatic N) is 2. The van der Waals surface area contributed by atoms with Crippen LogP contribution in [-0.2, 0) is 7.05 Å². The standard InChI is InChI=1S/C17H17FN4O3/c1-10-15(16(24-3)22(2)21-10)20-17(23)19-13-9-11(6-7-12(13)18)14-5-4-8-25-14/h4-9H,1-3H3,(H2,19,20,23). The van der Waals surface area contributed by atoms with Crippen molar-refractivity contribution in [2.24, 2.45) is 7.05 Å². The van der Waals surface area contributed by atoms with Crippen LogP contribution in [0.1, 0.15) is 5.69 Å². The first-order chi connectivity index (χ1) is 12.0. The molecule has 25 heavy (non-hydrogen) atoms. The molecule has 3 aromatic rings. The predicted octanol–water partition coefficient (Wildman–Crippen LogP) is 3.78. The molecule has 2 aromatic heterocycles. The maximum absolute atomic E-state index is 14.0. The molecule has 0 saturated carbocycles. The summed E-state index contributed by atoms with van der Waals surface area (Å²) in [6.45, 7) is 1.73. The van der Waals surface area contributed by atoms with Crippen LogP contribution in [0, 0.1) is 12.7 Å². The first kappa shape index (κ1) is 16.6. The molecule has 0 spiro atoms. The monoisotopic (exact) mass is 344 g/mol. The van der Waals surface area contributed by atoms with E-state index in [-0.39, 0.29) is 5.69 Å². The molecular formula is C17H17FN4O3. The number of nitrogens with one attached hydrogen (secondary N) is 2. The molecule has 0 unspecified atom stereocenters. The molecule has 0 atom stereocenters. The van der Waals surface area contributed by atoms with Crippen molar-refractivity contribution in [3.05, 3.63) is 48.1 Å². The van der Waals surface area contributed by atoms with Gasteiger partial charge in [-0.25, -0.2) is 13.9 Å².